The van der Waals surface area contributed by atoms with Gasteiger partial charge in [-0.2, -0.15) is 0 Å². The molecule has 1 aromatic carbocycles. The summed E-state index contributed by atoms with van der Waals surface area (Å²) in [6.45, 7) is 6.39. The molecule has 1 fully saturated rings. The first kappa shape index (κ1) is 17.1. The van der Waals surface area contributed by atoms with E-state index in [1.165, 1.54) is 12.0 Å². The standard InChI is InChI=1S/C17H27NO4/c1-3-20-9-10-22-16-7-6-14(11-17(16)19-2)12-18-13-15-5-4-8-21-15/h6-7,11,15,18H,3-5,8-10,12-13H2,1-2H3. The van der Waals surface area contributed by atoms with Gasteiger partial charge in [0.15, 0.2) is 11.5 Å². The maximum absolute atomic E-state index is 5.68. The van der Waals surface area contributed by atoms with Crippen molar-refractivity contribution in [3.8, 4) is 11.5 Å². The maximum Gasteiger partial charge on any atom is 0.161 e. The summed E-state index contributed by atoms with van der Waals surface area (Å²) in [5, 5.41) is 3.43. The largest absolute Gasteiger partial charge is 0.493 e. The number of hydrogen-bond acceptors (Lipinski definition) is 5. The lowest BCUT2D eigenvalue weighted by atomic mass is 10.2. The lowest BCUT2D eigenvalue weighted by molar-refractivity contribution is 0.109. The molecular formula is C17H27NO4. The third-order valence-electron chi connectivity index (χ3n) is 3.64. The topological polar surface area (TPSA) is 49.0 Å². The van der Waals surface area contributed by atoms with Gasteiger partial charge in [0.25, 0.3) is 0 Å². The molecule has 1 aliphatic rings. The van der Waals surface area contributed by atoms with Crippen LogP contribution in [0.5, 0.6) is 11.5 Å². The Hall–Kier alpha value is -1.30. The molecule has 0 saturated carbocycles. The molecule has 2 rings (SSSR count). The Morgan fingerprint density at radius 1 is 1.27 bits per heavy atom. The Kier molecular flexibility index (Phi) is 7.49. The Labute approximate surface area is 132 Å². The number of benzene rings is 1. The Morgan fingerprint density at radius 2 is 2.18 bits per heavy atom. The van der Waals surface area contributed by atoms with Crippen molar-refractivity contribution in [3.05, 3.63) is 23.8 Å². The zero-order valence-corrected chi connectivity index (χ0v) is 13.6. The Morgan fingerprint density at radius 3 is 2.91 bits per heavy atom. The lowest BCUT2D eigenvalue weighted by Crippen LogP contribution is -2.25. The van der Waals surface area contributed by atoms with E-state index in [9.17, 15) is 0 Å². The normalized spacial score (nSPS) is 17.6. The molecule has 5 heteroatoms. The minimum atomic E-state index is 0.364. The van der Waals surface area contributed by atoms with Gasteiger partial charge in [-0.1, -0.05) is 6.07 Å². The van der Waals surface area contributed by atoms with E-state index in [1.54, 1.807) is 7.11 Å². The summed E-state index contributed by atoms with van der Waals surface area (Å²) < 4.78 is 22.0. The van der Waals surface area contributed by atoms with Gasteiger partial charge >= 0.3 is 0 Å². The van der Waals surface area contributed by atoms with Gasteiger partial charge in [0.1, 0.15) is 6.61 Å². The molecule has 1 heterocycles. The average molecular weight is 309 g/mol. The summed E-state index contributed by atoms with van der Waals surface area (Å²) >= 11 is 0. The van der Waals surface area contributed by atoms with E-state index in [1.807, 2.05) is 19.1 Å². The zero-order valence-electron chi connectivity index (χ0n) is 13.6. The second-order valence-electron chi connectivity index (χ2n) is 5.30. The van der Waals surface area contributed by atoms with E-state index in [4.69, 9.17) is 18.9 Å². The van der Waals surface area contributed by atoms with Gasteiger partial charge in [-0.05, 0) is 37.5 Å². The molecule has 0 spiro atoms. The summed E-state index contributed by atoms with van der Waals surface area (Å²) in [6.07, 6.45) is 2.69. The van der Waals surface area contributed by atoms with E-state index in [0.717, 1.165) is 37.6 Å². The van der Waals surface area contributed by atoms with Crippen LogP contribution in [0.3, 0.4) is 0 Å². The minimum Gasteiger partial charge on any atom is -0.493 e. The molecule has 1 aromatic rings. The second kappa shape index (κ2) is 9.66. The minimum absolute atomic E-state index is 0.364. The number of ether oxygens (including phenoxy) is 4. The predicted octanol–water partition coefficient (Wildman–Crippen LogP) is 2.38. The molecular weight excluding hydrogens is 282 g/mol. The van der Waals surface area contributed by atoms with Crippen LogP contribution in [0, 0.1) is 0 Å². The van der Waals surface area contributed by atoms with Crippen LogP contribution in [0.4, 0.5) is 0 Å². The van der Waals surface area contributed by atoms with Gasteiger partial charge in [-0.15, -0.1) is 0 Å². The highest BCUT2D eigenvalue weighted by atomic mass is 16.5. The highest BCUT2D eigenvalue weighted by Crippen LogP contribution is 2.28. The van der Waals surface area contributed by atoms with Gasteiger partial charge in [-0.25, -0.2) is 0 Å². The summed E-state index contributed by atoms with van der Waals surface area (Å²) in [6, 6.07) is 6.02. The van der Waals surface area contributed by atoms with Gasteiger partial charge in [0, 0.05) is 26.3 Å². The summed E-state index contributed by atoms with van der Waals surface area (Å²) in [7, 11) is 1.66. The molecule has 1 saturated heterocycles. The quantitative estimate of drug-likeness (QED) is 0.673. The van der Waals surface area contributed by atoms with Gasteiger partial charge in [0.05, 0.1) is 19.8 Å². The molecule has 1 unspecified atom stereocenters. The van der Waals surface area contributed by atoms with Gasteiger partial charge in [0.2, 0.25) is 0 Å². The van der Waals surface area contributed by atoms with Crippen molar-refractivity contribution in [1.82, 2.24) is 5.32 Å². The van der Waals surface area contributed by atoms with Crippen LogP contribution in [0.15, 0.2) is 18.2 Å². The van der Waals surface area contributed by atoms with E-state index in [2.05, 4.69) is 11.4 Å². The highest BCUT2D eigenvalue weighted by Gasteiger charge is 2.14. The first-order chi connectivity index (χ1) is 10.8. The number of rotatable bonds is 10. The SMILES string of the molecule is CCOCCOc1ccc(CNCC2CCCO2)cc1OC. The molecule has 1 N–H and O–H groups in total. The van der Waals surface area contributed by atoms with Crippen molar-refractivity contribution < 1.29 is 18.9 Å². The number of hydrogen-bond donors (Lipinski definition) is 1. The first-order valence-corrected chi connectivity index (χ1v) is 8.03. The third-order valence-corrected chi connectivity index (χ3v) is 3.64. The van der Waals surface area contributed by atoms with Crippen molar-refractivity contribution >= 4 is 0 Å². The Balaban J connectivity index is 1.79. The van der Waals surface area contributed by atoms with Gasteiger partial charge in [-0.3, -0.25) is 0 Å². The molecule has 1 atom stereocenters. The van der Waals surface area contributed by atoms with Crippen LogP contribution in [0.1, 0.15) is 25.3 Å². The molecule has 0 radical (unpaired) electrons. The fourth-order valence-corrected chi connectivity index (χ4v) is 2.48. The molecule has 0 bridgehead atoms. The molecule has 1 aliphatic heterocycles. The molecule has 22 heavy (non-hydrogen) atoms. The van der Waals surface area contributed by atoms with Crippen molar-refractivity contribution in [2.24, 2.45) is 0 Å². The molecule has 0 amide bonds. The van der Waals surface area contributed by atoms with Crippen LogP contribution in [0.2, 0.25) is 0 Å². The van der Waals surface area contributed by atoms with E-state index in [-0.39, 0.29) is 0 Å². The molecule has 5 nitrogen and oxygen atoms in total. The van der Waals surface area contributed by atoms with Crippen LogP contribution < -0.4 is 14.8 Å². The number of nitrogens with one attached hydrogen (secondary N) is 1. The van der Waals surface area contributed by atoms with Crippen molar-refractivity contribution in [1.29, 1.82) is 0 Å². The monoisotopic (exact) mass is 309 g/mol. The van der Waals surface area contributed by atoms with Crippen LogP contribution in [-0.2, 0) is 16.0 Å². The fourth-order valence-electron chi connectivity index (χ4n) is 2.48. The third kappa shape index (κ3) is 5.48. The smallest absolute Gasteiger partial charge is 0.161 e. The summed E-state index contributed by atoms with van der Waals surface area (Å²) in [5.74, 6) is 1.51. The molecule has 124 valence electrons. The van der Waals surface area contributed by atoms with Crippen molar-refractivity contribution in [3.63, 3.8) is 0 Å². The first-order valence-electron chi connectivity index (χ1n) is 8.03. The van der Waals surface area contributed by atoms with Crippen molar-refractivity contribution in [2.45, 2.75) is 32.4 Å². The summed E-state index contributed by atoms with van der Waals surface area (Å²) in [5.41, 5.74) is 1.17. The maximum atomic E-state index is 5.68. The van der Waals surface area contributed by atoms with E-state index in [0.29, 0.717) is 25.9 Å². The fraction of sp³-hybridized carbons (Fsp3) is 0.647. The van der Waals surface area contributed by atoms with E-state index >= 15 is 0 Å². The number of methoxy groups -OCH3 is 1. The van der Waals surface area contributed by atoms with Crippen molar-refractivity contribution in [2.75, 3.05) is 40.1 Å². The van der Waals surface area contributed by atoms with E-state index < -0.39 is 0 Å². The Bertz CT molecular complexity index is 433. The average Bonchev–Trinajstić information content (AvgIpc) is 3.05. The lowest BCUT2D eigenvalue weighted by Gasteiger charge is -2.14. The second-order valence-corrected chi connectivity index (χ2v) is 5.30. The van der Waals surface area contributed by atoms with Crippen LogP contribution in [0.25, 0.3) is 0 Å². The zero-order chi connectivity index (χ0) is 15.6. The highest BCUT2D eigenvalue weighted by molar-refractivity contribution is 5.42. The predicted molar refractivity (Wildman–Crippen MR) is 85.7 cm³/mol. The van der Waals surface area contributed by atoms with Crippen LogP contribution >= 0.6 is 0 Å². The van der Waals surface area contributed by atoms with Crippen LogP contribution in [-0.4, -0.2) is 46.2 Å². The molecule has 0 aromatic heterocycles. The van der Waals surface area contributed by atoms with Gasteiger partial charge < -0.3 is 24.3 Å². The molecule has 0 aliphatic carbocycles. The summed E-state index contributed by atoms with van der Waals surface area (Å²) in [4.78, 5) is 0.